The van der Waals surface area contributed by atoms with E-state index in [1.807, 2.05) is 0 Å². The lowest BCUT2D eigenvalue weighted by atomic mass is 10.2. The lowest BCUT2D eigenvalue weighted by molar-refractivity contribution is -0.130. The van der Waals surface area contributed by atoms with E-state index in [4.69, 9.17) is 8.83 Å². The second-order valence-electron chi connectivity index (χ2n) is 5.41. The molecule has 2 aromatic heterocycles. The number of amides is 2. The molecule has 1 N–H and O–H groups in total. The number of furan rings is 2. The van der Waals surface area contributed by atoms with E-state index in [-0.39, 0.29) is 37.1 Å². The average Bonchev–Trinajstić information content (AvgIpc) is 3.23. The van der Waals surface area contributed by atoms with Crippen LogP contribution in [0.4, 0.5) is 0 Å². The van der Waals surface area contributed by atoms with E-state index in [1.165, 1.54) is 18.3 Å². The Bertz CT molecular complexity index is 747. The number of rotatable bonds is 7. The number of ether oxygens (including phenoxy) is 1. The summed E-state index contributed by atoms with van der Waals surface area (Å²) < 4.78 is 15.1. The van der Waals surface area contributed by atoms with E-state index in [0.717, 1.165) is 0 Å². The van der Waals surface area contributed by atoms with Crippen molar-refractivity contribution in [2.45, 2.75) is 19.9 Å². The monoisotopic (exact) mass is 348 g/mol. The van der Waals surface area contributed by atoms with Gasteiger partial charge in [0.2, 0.25) is 5.91 Å². The third kappa shape index (κ3) is 4.72. The summed E-state index contributed by atoms with van der Waals surface area (Å²) in [7, 11) is 2.91. The van der Waals surface area contributed by atoms with Crippen LogP contribution in [0.1, 0.15) is 38.9 Å². The van der Waals surface area contributed by atoms with Gasteiger partial charge in [-0.3, -0.25) is 9.59 Å². The molecular weight excluding hydrogens is 328 g/mol. The van der Waals surface area contributed by atoms with Crippen LogP contribution in [-0.4, -0.2) is 43.4 Å². The molecule has 0 saturated heterocycles. The van der Waals surface area contributed by atoms with Crippen molar-refractivity contribution in [2.24, 2.45) is 0 Å². The summed E-state index contributed by atoms with van der Waals surface area (Å²) in [6, 6.07) is 4.72. The first-order valence-corrected chi connectivity index (χ1v) is 7.65. The molecule has 2 aromatic rings. The van der Waals surface area contributed by atoms with Gasteiger partial charge in [0.25, 0.3) is 5.91 Å². The van der Waals surface area contributed by atoms with E-state index in [9.17, 15) is 14.4 Å². The first-order valence-electron chi connectivity index (χ1n) is 7.65. The third-order valence-electron chi connectivity index (χ3n) is 3.56. The molecule has 2 amide bonds. The van der Waals surface area contributed by atoms with E-state index < -0.39 is 5.97 Å². The topological polar surface area (TPSA) is 102 Å². The lowest BCUT2D eigenvalue weighted by Crippen LogP contribution is -2.31. The summed E-state index contributed by atoms with van der Waals surface area (Å²) >= 11 is 0. The number of hydrogen-bond donors (Lipinski definition) is 1. The number of esters is 1. The Kier molecular flexibility index (Phi) is 5.99. The SMILES string of the molecule is COC(=O)c1cc(CN(C)C(=O)CCNC(=O)c2ccco2)oc1C. The molecule has 134 valence electrons. The van der Waals surface area contributed by atoms with Gasteiger partial charge < -0.3 is 23.8 Å². The van der Waals surface area contributed by atoms with Crippen molar-refractivity contribution in [3.05, 3.63) is 47.3 Å². The molecule has 8 nitrogen and oxygen atoms in total. The van der Waals surface area contributed by atoms with Gasteiger partial charge in [0.15, 0.2) is 5.76 Å². The number of carbonyl (C=O) groups excluding carboxylic acids is 3. The molecule has 0 radical (unpaired) electrons. The molecule has 0 fully saturated rings. The summed E-state index contributed by atoms with van der Waals surface area (Å²) in [5, 5.41) is 2.61. The zero-order valence-electron chi connectivity index (χ0n) is 14.3. The second-order valence-corrected chi connectivity index (χ2v) is 5.41. The van der Waals surface area contributed by atoms with Gasteiger partial charge in [-0.25, -0.2) is 4.79 Å². The highest BCUT2D eigenvalue weighted by atomic mass is 16.5. The van der Waals surface area contributed by atoms with Gasteiger partial charge in [-0.1, -0.05) is 0 Å². The van der Waals surface area contributed by atoms with Gasteiger partial charge in [-0.05, 0) is 25.1 Å². The fourth-order valence-electron chi connectivity index (χ4n) is 2.22. The standard InChI is InChI=1S/C17H20N2O6/c1-11-13(17(22)23-3)9-12(25-11)10-19(2)15(20)6-7-18-16(21)14-5-4-8-24-14/h4-5,8-9H,6-7,10H2,1-3H3,(H,18,21). The smallest absolute Gasteiger partial charge is 0.341 e. The minimum Gasteiger partial charge on any atom is -0.465 e. The van der Waals surface area contributed by atoms with Crippen LogP contribution in [0.2, 0.25) is 0 Å². The van der Waals surface area contributed by atoms with Gasteiger partial charge in [-0.15, -0.1) is 0 Å². The van der Waals surface area contributed by atoms with Gasteiger partial charge in [0, 0.05) is 20.0 Å². The minimum atomic E-state index is -0.484. The van der Waals surface area contributed by atoms with Crippen LogP contribution in [0.3, 0.4) is 0 Å². The fraction of sp³-hybridized carbons (Fsp3) is 0.353. The van der Waals surface area contributed by atoms with Gasteiger partial charge in [0.05, 0.1) is 19.9 Å². The van der Waals surface area contributed by atoms with E-state index in [1.54, 1.807) is 32.2 Å². The number of nitrogens with zero attached hydrogens (tertiary/aromatic N) is 1. The van der Waals surface area contributed by atoms with E-state index >= 15 is 0 Å². The van der Waals surface area contributed by atoms with Gasteiger partial charge >= 0.3 is 5.97 Å². The van der Waals surface area contributed by atoms with Crippen molar-refractivity contribution in [1.82, 2.24) is 10.2 Å². The number of carbonyl (C=O) groups is 3. The molecular formula is C17H20N2O6. The van der Waals surface area contributed by atoms with Crippen molar-refractivity contribution in [2.75, 3.05) is 20.7 Å². The van der Waals surface area contributed by atoms with Crippen LogP contribution in [0.15, 0.2) is 33.3 Å². The second kappa shape index (κ2) is 8.18. The van der Waals surface area contributed by atoms with Crippen LogP contribution in [0.5, 0.6) is 0 Å². The van der Waals surface area contributed by atoms with Crippen molar-refractivity contribution >= 4 is 17.8 Å². The summed E-state index contributed by atoms with van der Waals surface area (Å²) in [6.07, 6.45) is 1.54. The van der Waals surface area contributed by atoms with Crippen molar-refractivity contribution < 1.29 is 28.0 Å². The van der Waals surface area contributed by atoms with Crippen LogP contribution >= 0.6 is 0 Å². The number of nitrogens with one attached hydrogen (secondary N) is 1. The first-order chi connectivity index (χ1) is 11.9. The molecule has 25 heavy (non-hydrogen) atoms. The quantitative estimate of drug-likeness (QED) is 0.765. The van der Waals surface area contributed by atoms with Gasteiger partial charge in [-0.2, -0.15) is 0 Å². The van der Waals surface area contributed by atoms with Crippen LogP contribution < -0.4 is 5.32 Å². The van der Waals surface area contributed by atoms with Crippen LogP contribution in [0, 0.1) is 6.92 Å². The highest BCUT2D eigenvalue weighted by Gasteiger charge is 2.18. The van der Waals surface area contributed by atoms with Crippen LogP contribution in [0.25, 0.3) is 0 Å². The molecule has 0 aromatic carbocycles. The Morgan fingerprint density at radius 3 is 2.72 bits per heavy atom. The molecule has 8 heteroatoms. The number of methoxy groups -OCH3 is 1. The maximum Gasteiger partial charge on any atom is 0.341 e. The molecule has 2 heterocycles. The predicted molar refractivity (Wildman–Crippen MR) is 86.9 cm³/mol. The van der Waals surface area contributed by atoms with Crippen LogP contribution in [-0.2, 0) is 16.1 Å². The Balaban J connectivity index is 1.82. The maximum absolute atomic E-state index is 12.1. The highest BCUT2D eigenvalue weighted by Crippen LogP contribution is 2.17. The molecule has 0 bridgehead atoms. The average molecular weight is 348 g/mol. The summed E-state index contributed by atoms with van der Waals surface area (Å²) in [5.41, 5.74) is 0.337. The molecule has 0 aliphatic carbocycles. The molecule has 0 aliphatic rings. The minimum absolute atomic E-state index is 0.131. The van der Waals surface area contributed by atoms with E-state index in [2.05, 4.69) is 10.1 Å². The zero-order chi connectivity index (χ0) is 18.4. The summed E-state index contributed by atoms with van der Waals surface area (Å²) in [6.45, 7) is 2.05. The first kappa shape index (κ1) is 18.3. The number of aryl methyl sites for hydroxylation is 1. The molecule has 0 unspecified atom stereocenters. The molecule has 2 rings (SSSR count). The lowest BCUT2D eigenvalue weighted by Gasteiger charge is -2.15. The molecule has 0 aliphatic heterocycles. The van der Waals surface area contributed by atoms with E-state index in [0.29, 0.717) is 17.1 Å². The predicted octanol–water partition coefficient (Wildman–Crippen LogP) is 1.75. The zero-order valence-corrected chi connectivity index (χ0v) is 14.3. The van der Waals surface area contributed by atoms with Crippen molar-refractivity contribution in [1.29, 1.82) is 0 Å². The maximum atomic E-state index is 12.1. The van der Waals surface area contributed by atoms with Gasteiger partial charge in [0.1, 0.15) is 17.1 Å². The normalized spacial score (nSPS) is 10.4. The summed E-state index contributed by atoms with van der Waals surface area (Å²) in [4.78, 5) is 36.8. The highest BCUT2D eigenvalue weighted by molar-refractivity contribution is 5.91. The molecule has 0 saturated carbocycles. The Hall–Kier alpha value is -3.03. The van der Waals surface area contributed by atoms with Crippen molar-refractivity contribution in [3.8, 4) is 0 Å². The largest absolute Gasteiger partial charge is 0.465 e. The van der Waals surface area contributed by atoms with Crippen molar-refractivity contribution in [3.63, 3.8) is 0 Å². The third-order valence-corrected chi connectivity index (χ3v) is 3.56. The Labute approximate surface area is 144 Å². The summed E-state index contributed by atoms with van der Waals surface area (Å²) in [5.74, 6) is 0.0874. The molecule has 0 spiro atoms. The molecule has 0 atom stereocenters. The Morgan fingerprint density at radius 2 is 2.08 bits per heavy atom. The fourth-order valence-corrected chi connectivity index (χ4v) is 2.22. The number of hydrogen-bond acceptors (Lipinski definition) is 6. The Morgan fingerprint density at radius 1 is 1.32 bits per heavy atom.